The topological polar surface area (TPSA) is 12.0 Å². The number of rotatable bonds is 4. The lowest BCUT2D eigenvalue weighted by Crippen LogP contribution is -2.40. The summed E-state index contributed by atoms with van der Waals surface area (Å²) in [5.41, 5.74) is 0.664. The zero-order valence-electron chi connectivity index (χ0n) is 10.4. The monoisotopic (exact) mass is 213 g/mol. The van der Waals surface area contributed by atoms with Gasteiger partial charge >= 0.3 is 0 Å². The summed E-state index contributed by atoms with van der Waals surface area (Å²) in [7, 11) is 1.22. The van der Waals surface area contributed by atoms with Gasteiger partial charge < -0.3 is 5.32 Å². The molecule has 1 fully saturated rings. The van der Waals surface area contributed by atoms with E-state index in [1.807, 2.05) is 0 Å². The van der Waals surface area contributed by atoms with E-state index in [0.717, 1.165) is 0 Å². The molecule has 0 aliphatic heterocycles. The highest BCUT2D eigenvalue weighted by Gasteiger charge is 2.35. The van der Waals surface area contributed by atoms with Crippen LogP contribution in [0.5, 0.6) is 0 Å². The average molecular weight is 213 g/mol. The van der Waals surface area contributed by atoms with Crippen LogP contribution < -0.4 is 5.32 Å². The normalized spacial score (nSPS) is 22.3. The van der Waals surface area contributed by atoms with Crippen molar-refractivity contribution in [3.05, 3.63) is 0 Å². The van der Waals surface area contributed by atoms with Crippen LogP contribution in [0.25, 0.3) is 0 Å². The maximum atomic E-state index is 3.42. The molecule has 0 radical (unpaired) electrons. The van der Waals surface area contributed by atoms with Crippen LogP contribution in [-0.2, 0) is 0 Å². The van der Waals surface area contributed by atoms with Crippen LogP contribution in [0.15, 0.2) is 0 Å². The molecule has 0 bridgehead atoms. The first-order valence-corrected chi connectivity index (χ1v) is 9.83. The highest BCUT2D eigenvalue weighted by Crippen LogP contribution is 2.42. The van der Waals surface area contributed by atoms with Gasteiger partial charge in [-0.1, -0.05) is 44.9 Å². The molecule has 1 aliphatic rings. The Balaban J connectivity index is 2.60. The van der Waals surface area contributed by atoms with Gasteiger partial charge in [0.2, 0.25) is 0 Å². The molecule has 0 amide bonds. The molecule has 0 unspecified atom stereocenters. The first kappa shape index (κ1) is 12.2. The van der Waals surface area contributed by atoms with Crippen molar-refractivity contribution in [2.24, 2.45) is 5.41 Å². The molecule has 0 aromatic carbocycles. The summed E-state index contributed by atoms with van der Waals surface area (Å²) in [6.45, 7) is 8.79. The van der Waals surface area contributed by atoms with Crippen molar-refractivity contribution in [3.63, 3.8) is 0 Å². The lowest BCUT2D eigenvalue weighted by atomic mass is 9.75. The molecule has 0 atom stereocenters. The van der Waals surface area contributed by atoms with Crippen LogP contribution in [0.2, 0.25) is 25.7 Å². The summed E-state index contributed by atoms with van der Waals surface area (Å²) in [4.78, 5) is 0. The van der Waals surface area contributed by atoms with Crippen LogP contribution in [0.4, 0.5) is 0 Å². The van der Waals surface area contributed by atoms with Crippen molar-refractivity contribution in [3.8, 4) is 0 Å². The van der Waals surface area contributed by atoms with Gasteiger partial charge in [0.1, 0.15) is 0 Å². The molecule has 1 nitrogen and oxygen atoms in total. The van der Waals surface area contributed by atoms with Crippen LogP contribution in [0, 0.1) is 5.41 Å². The third kappa shape index (κ3) is 3.74. The molecule has 0 spiro atoms. The van der Waals surface area contributed by atoms with Crippen molar-refractivity contribution in [2.75, 3.05) is 13.6 Å². The first-order valence-electron chi connectivity index (χ1n) is 6.12. The maximum Gasteiger partial charge on any atom is 0.0448 e. The Hall–Kier alpha value is 0.177. The lowest BCUT2D eigenvalue weighted by Gasteiger charge is -2.41. The molecular weight excluding hydrogens is 186 g/mol. The van der Waals surface area contributed by atoms with Gasteiger partial charge in [0, 0.05) is 14.6 Å². The summed E-state index contributed by atoms with van der Waals surface area (Å²) in [5, 5.41) is 3.42. The van der Waals surface area contributed by atoms with Gasteiger partial charge in [-0.25, -0.2) is 0 Å². The molecular formula is C12H27NSi. The third-order valence-electron chi connectivity index (χ3n) is 3.37. The van der Waals surface area contributed by atoms with E-state index in [0.29, 0.717) is 5.41 Å². The average Bonchev–Trinajstić information content (AvgIpc) is 2.02. The Labute approximate surface area is 90.7 Å². The lowest BCUT2D eigenvalue weighted by molar-refractivity contribution is 0.210. The van der Waals surface area contributed by atoms with Crippen molar-refractivity contribution in [2.45, 2.75) is 57.8 Å². The Kier molecular flexibility index (Phi) is 4.20. The summed E-state index contributed by atoms with van der Waals surface area (Å²) in [6.07, 6.45) is 7.34. The van der Waals surface area contributed by atoms with Crippen molar-refractivity contribution >= 4 is 8.07 Å². The van der Waals surface area contributed by atoms with E-state index in [1.165, 1.54) is 44.7 Å². The zero-order chi connectivity index (χ0) is 10.7. The minimum absolute atomic E-state index is 0.664. The van der Waals surface area contributed by atoms with Gasteiger partial charge in [-0.05, 0) is 25.3 Å². The molecule has 84 valence electrons. The summed E-state index contributed by atoms with van der Waals surface area (Å²) >= 11 is 0. The Morgan fingerprint density at radius 2 is 1.64 bits per heavy atom. The molecule has 1 saturated carbocycles. The quantitative estimate of drug-likeness (QED) is 0.705. The van der Waals surface area contributed by atoms with E-state index in [1.54, 1.807) is 0 Å². The Morgan fingerprint density at radius 3 is 2.07 bits per heavy atom. The molecule has 0 aromatic heterocycles. The summed E-state index contributed by atoms with van der Waals surface area (Å²) in [5.74, 6) is 0. The zero-order valence-corrected chi connectivity index (χ0v) is 11.4. The molecule has 14 heavy (non-hydrogen) atoms. The number of hydrogen-bond acceptors (Lipinski definition) is 1. The van der Waals surface area contributed by atoms with Gasteiger partial charge in [0.25, 0.3) is 0 Å². The van der Waals surface area contributed by atoms with E-state index in [4.69, 9.17) is 0 Å². The van der Waals surface area contributed by atoms with E-state index < -0.39 is 8.07 Å². The fraction of sp³-hybridized carbons (Fsp3) is 1.00. The molecule has 0 heterocycles. The summed E-state index contributed by atoms with van der Waals surface area (Å²) in [6, 6.07) is 1.51. The number of hydrogen-bond donors (Lipinski definition) is 1. The van der Waals surface area contributed by atoms with Gasteiger partial charge in [-0.15, -0.1) is 0 Å². The van der Waals surface area contributed by atoms with E-state index in [9.17, 15) is 0 Å². The Bertz CT molecular complexity index is 160. The molecule has 1 aliphatic carbocycles. The predicted molar refractivity (Wildman–Crippen MR) is 67.6 cm³/mol. The number of nitrogens with one attached hydrogen (secondary N) is 1. The van der Waals surface area contributed by atoms with Crippen LogP contribution in [-0.4, -0.2) is 21.7 Å². The molecule has 1 rings (SSSR count). The van der Waals surface area contributed by atoms with Crippen LogP contribution in [0.1, 0.15) is 32.1 Å². The first-order chi connectivity index (χ1) is 6.47. The second kappa shape index (κ2) is 4.80. The standard InChI is InChI=1S/C12H27NSi/c1-13-10-12(11-14(2,3)4)8-6-5-7-9-12/h13H,5-11H2,1-4H3. The smallest absolute Gasteiger partial charge is 0.0448 e. The second-order valence-corrected chi connectivity index (χ2v) is 11.8. The Morgan fingerprint density at radius 1 is 1.07 bits per heavy atom. The van der Waals surface area contributed by atoms with Gasteiger partial charge in [0.05, 0.1) is 0 Å². The van der Waals surface area contributed by atoms with E-state index in [2.05, 4.69) is 32.0 Å². The van der Waals surface area contributed by atoms with Crippen molar-refractivity contribution in [1.29, 1.82) is 0 Å². The minimum Gasteiger partial charge on any atom is -0.319 e. The SMILES string of the molecule is CNCC1(C[Si](C)(C)C)CCCCC1. The molecule has 2 heteroatoms. The highest BCUT2D eigenvalue weighted by molar-refractivity contribution is 6.76. The van der Waals surface area contributed by atoms with Crippen molar-refractivity contribution < 1.29 is 0 Å². The predicted octanol–water partition coefficient (Wildman–Crippen LogP) is 3.49. The highest BCUT2D eigenvalue weighted by atomic mass is 28.3. The maximum absolute atomic E-state index is 3.42. The van der Waals surface area contributed by atoms with E-state index in [-0.39, 0.29) is 0 Å². The fourth-order valence-electron chi connectivity index (χ4n) is 3.22. The van der Waals surface area contributed by atoms with E-state index >= 15 is 0 Å². The van der Waals surface area contributed by atoms with Gasteiger partial charge in [0.15, 0.2) is 0 Å². The van der Waals surface area contributed by atoms with Crippen LogP contribution >= 0.6 is 0 Å². The third-order valence-corrected chi connectivity index (χ3v) is 5.18. The van der Waals surface area contributed by atoms with Gasteiger partial charge in [-0.3, -0.25) is 0 Å². The molecule has 1 N–H and O–H groups in total. The second-order valence-electron chi connectivity index (χ2n) is 6.33. The van der Waals surface area contributed by atoms with Crippen molar-refractivity contribution in [1.82, 2.24) is 5.32 Å². The summed E-state index contributed by atoms with van der Waals surface area (Å²) < 4.78 is 0. The van der Waals surface area contributed by atoms with Gasteiger partial charge in [-0.2, -0.15) is 0 Å². The molecule has 0 saturated heterocycles. The largest absolute Gasteiger partial charge is 0.319 e. The fourth-order valence-corrected chi connectivity index (χ4v) is 5.95. The molecule has 0 aromatic rings. The minimum atomic E-state index is -0.894. The van der Waals surface area contributed by atoms with Crippen LogP contribution in [0.3, 0.4) is 0 Å².